The standard InChI is InChI=1S/C24H11BrF12N4O4/c25-13-7-10(21(28,23(32,33)34)24(35,36)37)6-12(22(29,30)31)17(13)40(20(38)44)19(43)11-2-1-3-14(16(11)27)41(45)18(42)9-4-5-15(26)39-8-9/h1-8,45H,(H2,38,44). The summed E-state index contributed by atoms with van der Waals surface area (Å²) in [5.41, 5.74) is -11.7. The van der Waals surface area contributed by atoms with Crippen LogP contribution in [0, 0.1) is 11.8 Å². The van der Waals surface area contributed by atoms with E-state index in [1.54, 1.807) is 0 Å². The van der Waals surface area contributed by atoms with E-state index in [4.69, 9.17) is 5.73 Å². The quantitative estimate of drug-likeness (QED) is 0.125. The molecule has 0 aliphatic rings. The molecule has 45 heavy (non-hydrogen) atoms. The summed E-state index contributed by atoms with van der Waals surface area (Å²) in [6.45, 7) is 0. The molecule has 0 radical (unpaired) electrons. The number of alkyl halides is 10. The first-order valence-corrected chi connectivity index (χ1v) is 12.0. The molecule has 242 valence electrons. The van der Waals surface area contributed by atoms with E-state index >= 15 is 4.39 Å². The van der Waals surface area contributed by atoms with Gasteiger partial charge in [-0.15, -0.1) is 0 Å². The smallest absolute Gasteiger partial charge is 0.351 e. The second-order valence-electron chi connectivity index (χ2n) is 8.61. The Hall–Kier alpha value is -4.40. The third-order valence-electron chi connectivity index (χ3n) is 5.80. The largest absolute Gasteiger partial charge is 0.435 e. The minimum absolute atomic E-state index is 0.448. The SMILES string of the molecule is NC(=O)N(C(=O)c1cccc(N(O)C(=O)c2ccc(F)nc2)c1F)c1c(Br)cc(C(F)(C(F)(F)F)C(F)(F)F)cc1C(F)(F)F. The first-order valence-electron chi connectivity index (χ1n) is 11.3. The number of carbonyl (C=O) groups excluding carboxylic acids is 3. The van der Waals surface area contributed by atoms with E-state index in [9.17, 15) is 67.9 Å². The Kier molecular flexibility index (Phi) is 9.23. The molecule has 1 aromatic heterocycles. The maximum Gasteiger partial charge on any atom is 0.435 e. The predicted molar refractivity (Wildman–Crippen MR) is 130 cm³/mol. The van der Waals surface area contributed by atoms with Crippen LogP contribution in [0.1, 0.15) is 31.8 Å². The van der Waals surface area contributed by atoms with Gasteiger partial charge < -0.3 is 5.73 Å². The topological polar surface area (TPSA) is 117 Å². The fraction of sp³-hybridized carbons (Fsp3) is 0.167. The van der Waals surface area contributed by atoms with Gasteiger partial charge in [-0.3, -0.25) is 14.8 Å². The Morgan fingerprint density at radius 3 is 1.89 bits per heavy atom. The minimum atomic E-state index is -6.87. The molecule has 3 aromatic rings. The molecule has 0 fully saturated rings. The Morgan fingerprint density at radius 2 is 1.42 bits per heavy atom. The monoisotopic (exact) mass is 726 g/mol. The summed E-state index contributed by atoms with van der Waals surface area (Å²) >= 11 is 2.21. The summed E-state index contributed by atoms with van der Waals surface area (Å²) in [7, 11) is 0. The van der Waals surface area contributed by atoms with Gasteiger partial charge in [0.05, 0.1) is 22.4 Å². The van der Waals surface area contributed by atoms with Crippen LogP contribution in [0.5, 0.6) is 0 Å². The van der Waals surface area contributed by atoms with Crippen molar-refractivity contribution in [3.05, 3.63) is 87.2 Å². The molecule has 3 N–H and O–H groups in total. The highest BCUT2D eigenvalue weighted by molar-refractivity contribution is 9.10. The number of nitrogens with zero attached hydrogens (tertiary/aromatic N) is 3. The molecule has 0 bridgehead atoms. The normalized spacial score (nSPS) is 12.6. The lowest BCUT2D eigenvalue weighted by Gasteiger charge is -2.32. The zero-order valence-electron chi connectivity index (χ0n) is 21.1. The van der Waals surface area contributed by atoms with Gasteiger partial charge in [0.15, 0.2) is 5.82 Å². The number of hydrogen-bond donors (Lipinski definition) is 2. The zero-order valence-corrected chi connectivity index (χ0v) is 22.7. The maximum atomic E-state index is 15.4. The van der Waals surface area contributed by atoms with Gasteiger partial charge in [0.2, 0.25) is 5.95 Å². The third-order valence-corrected chi connectivity index (χ3v) is 6.40. The lowest BCUT2D eigenvalue weighted by atomic mass is 9.91. The lowest BCUT2D eigenvalue weighted by molar-refractivity contribution is -0.348. The van der Waals surface area contributed by atoms with E-state index in [0.717, 1.165) is 12.1 Å². The molecule has 3 rings (SSSR count). The highest BCUT2D eigenvalue weighted by Gasteiger charge is 2.73. The number of halogens is 13. The number of nitrogens with two attached hydrogens (primary N) is 1. The average Bonchev–Trinajstić information content (AvgIpc) is 2.91. The summed E-state index contributed by atoms with van der Waals surface area (Å²) in [5, 5.41) is 9.78. The van der Waals surface area contributed by atoms with Crippen molar-refractivity contribution in [2.45, 2.75) is 24.2 Å². The molecular formula is C24H11BrF12N4O4. The minimum Gasteiger partial charge on any atom is -0.351 e. The highest BCUT2D eigenvalue weighted by atomic mass is 79.9. The number of aromatic nitrogens is 1. The number of primary amides is 1. The van der Waals surface area contributed by atoms with Crippen molar-refractivity contribution in [1.29, 1.82) is 0 Å². The van der Waals surface area contributed by atoms with Gasteiger partial charge in [-0.1, -0.05) is 6.07 Å². The van der Waals surface area contributed by atoms with Gasteiger partial charge in [0.25, 0.3) is 11.8 Å². The number of benzene rings is 2. The fourth-order valence-corrected chi connectivity index (χ4v) is 4.38. The van der Waals surface area contributed by atoms with E-state index in [-0.39, 0.29) is 0 Å². The molecule has 0 unspecified atom stereocenters. The van der Waals surface area contributed by atoms with Gasteiger partial charge in [0.1, 0.15) is 5.69 Å². The summed E-state index contributed by atoms with van der Waals surface area (Å²) in [6, 6.07) is -0.332. The third kappa shape index (κ3) is 6.39. The number of imide groups is 1. The lowest BCUT2D eigenvalue weighted by Crippen LogP contribution is -2.50. The maximum absolute atomic E-state index is 15.4. The molecule has 0 spiro atoms. The zero-order chi connectivity index (χ0) is 34.4. The van der Waals surface area contributed by atoms with Gasteiger partial charge in [-0.2, -0.15) is 49.0 Å². The van der Waals surface area contributed by atoms with E-state index in [1.165, 1.54) is 0 Å². The number of amides is 4. The van der Waals surface area contributed by atoms with E-state index < -0.39 is 114 Å². The van der Waals surface area contributed by atoms with Gasteiger partial charge in [0, 0.05) is 16.2 Å². The van der Waals surface area contributed by atoms with E-state index in [1.807, 2.05) is 0 Å². The van der Waals surface area contributed by atoms with Crippen molar-refractivity contribution in [2.24, 2.45) is 5.73 Å². The van der Waals surface area contributed by atoms with E-state index in [2.05, 4.69) is 20.9 Å². The van der Waals surface area contributed by atoms with Gasteiger partial charge in [-0.25, -0.2) is 23.5 Å². The van der Waals surface area contributed by atoms with Crippen molar-refractivity contribution in [1.82, 2.24) is 4.98 Å². The molecule has 8 nitrogen and oxygen atoms in total. The Bertz CT molecular complexity index is 1650. The van der Waals surface area contributed by atoms with Crippen molar-refractivity contribution in [3.63, 3.8) is 0 Å². The van der Waals surface area contributed by atoms with Crippen LogP contribution in [-0.4, -0.2) is 40.4 Å². The van der Waals surface area contributed by atoms with Crippen molar-refractivity contribution in [3.8, 4) is 0 Å². The fourth-order valence-electron chi connectivity index (χ4n) is 3.74. The van der Waals surface area contributed by atoms with Crippen molar-refractivity contribution >= 4 is 45.2 Å². The first kappa shape index (κ1) is 35.1. The van der Waals surface area contributed by atoms with Crippen LogP contribution in [0.4, 0.5) is 68.9 Å². The Morgan fingerprint density at radius 1 is 0.844 bits per heavy atom. The summed E-state index contributed by atoms with van der Waals surface area (Å²) in [5.74, 6) is -6.62. The van der Waals surface area contributed by atoms with Crippen LogP contribution in [-0.2, 0) is 11.8 Å². The molecule has 0 atom stereocenters. The molecule has 4 amide bonds. The van der Waals surface area contributed by atoms with Gasteiger partial charge >= 0.3 is 30.2 Å². The average molecular weight is 727 g/mol. The van der Waals surface area contributed by atoms with Crippen LogP contribution in [0.3, 0.4) is 0 Å². The van der Waals surface area contributed by atoms with Crippen LogP contribution < -0.4 is 15.7 Å². The highest BCUT2D eigenvalue weighted by Crippen LogP contribution is 2.55. The number of hydrogen-bond acceptors (Lipinski definition) is 5. The number of hydroxylamine groups is 1. The number of urea groups is 1. The molecule has 0 saturated carbocycles. The van der Waals surface area contributed by atoms with Crippen LogP contribution >= 0.6 is 15.9 Å². The predicted octanol–water partition coefficient (Wildman–Crippen LogP) is 7.19. The molecule has 0 aliphatic carbocycles. The molecule has 1 heterocycles. The molecular weight excluding hydrogens is 716 g/mol. The number of pyridine rings is 1. The number of rotatable bonds is 5. The summed E-state index contributed by atoms with van der Waals surface area (Å²) in [6.07, 6.45) is -19.1. The Labute approximate surface area is 249 Å². The van der Waals surface area contributed by atoms with Crippen LogP contribution in [0.15, 0.2) is 53.1 Å². The van der Waals surface area contributed by atoms with Crippen LogP contribution in [0.2, 0.25) is 0 Å². The second-order valence-corrected chi connectivity index (χ2v) is 9.46. The second kappa shape index (κ2) is 11.8. The van der Waals surface area contributed by atoms with Crippen LogP contribution in [0.25, 0.3) is 0 Å². The number of carbonyl (C=O) groups is 3. The molecule has 0 saturated heterocycles. The van der Waals surface area contributed by atoms with Crippen molar-refractivity contribution < 1.29 is 72.3 Å². The van der Waals surface area contributed by atoms with E-state index in [0.29, 0.717) is 24.4 Å². The molecule has 2 aromatic carbocycles. The van der Waals surface area contributed by atoms with Gasteiger partial charge in [-0.05, 0) is 52.3 Å². The summed E-state index contributed by atoms with van der Waals surface area (Å²) in [4.78, 5) is 40.3. The number of anilines is 2. The van der Waals surface area contributed by atoms with Crippen molar-refractivity contribution in [2.75, 3.05) is 9.96 Å². The summed E-state index contributed by atoms with van der Waals surface area (Å²) < 4.78 is 163. The Balaban J connectivity index is 2.23. The molecule has 0 aliphatic heterocycles. The molecule has 21 heteroatoms. The first-order chi connectivity index (χ1) is 20.4.